The van der Waals surface area contributed by atoms with Gasteiger partial charge >= 0.3 is 0 Å². The third kappa shape index (κ3) is 3.42. The van der Waals surface area contributed by atoms with Gasteiger partial charge < -0.3 is 14.7 Å². The van der Waals surface area contributed by atoms with Crippen LogP contribution in [0.2, 0.25) is 0 Å². The predicted molar refractivity (Wildman–Crippen MR) is 93.1 cm³/mol. The quantitative estimate of drug-likeness (QED) is 0.927. The summed E-state index contributed by atoms with van der Waals surface area (Å²) in [4.78, 5) is 18.2. The lowest BCUT2D eigenvalue weighted by molar-refractivity contribution is -0.117. The molecule has 3 rings (SSSR count). The van der Waals surface area contributed by atoms with E-state index in [9.17, 15) is 4.79 Å². The number of nitrogens with zero attached hydrogens (tertiary/aromatic N) is 3. The molecule has 128 valence electrons. The zero-order chi connectivity index (χ0) is 17.3. The van der Waals surface area contributed by atoms with Gasteiger partial charge in [-0.05, 0) is 31.5 Å². The van der Waals surface area contributed by atoms with Gasteiger partial charge in [0.1, 0.15) is 6.04 Å². The third-order valence-electron chi connectivity index (χ3n) is 4.10. The van der Waals surface area contributed by atoms with Crippen LogP contribution < -0.4 is 10.2 Å². The Morgan fingerprint density at radius 2 is 2.12 bits per heavy atom. The average molecular weight is 328 g/mol. The number of hydrogen-bond donors (Lipinski definition) is 1. The number of benzene rings is 1. The number of amides is 1. The van der Waals surface area contributed by atoms with Gasteiger partial charge in [0.05, 0.1) is 0 Å². The van der Waals surface area contributed by atoms with Crippen molar-refractivity contribution < 1.29 is 9.32 Å². The molecule has 0 spiro atoms. The highest BCUT2D eigenvalue weighted by Crippen LogP contribution is 2.27. The van der Waals surface area contributed by atoms with Crippen molar-refractivity contribution in [3.8, 4) is 0 Å². The molecule has 0 bridgehead atoms. The Morgan fingerprint density at radius 1 is 1.33 bits per heavy atom. The Bertz CT molecular complexity index is 733. The van der Waals surface area contributed by atoms with Crippen molar-refractivity contribution in [3.05, 3.63) is 36.0 Å². The Kier molecular flexibility index (Phi) is 4.30. The summed E-state index contributed by atoms with van der Waals surface area (Å²) >= 11 is 0. The molecule has 2 heterocycles. The fraction of sp³-hybridized carbons (Fsp3) is 0.500. The largest absolute Gasteiger partial charge is 0.374 e. The number of rotatable bonds is 4. The number of anilines is 2. The molecule has 1 amide bonds. The van der Waals surface area contributed by atoms with E-state index in [4.69, 9.17) is 4.52 Å². The summed E-state index contributed by atoms with van der Waals surface area (Å²) in [7, 11) is 0. The molecule has 24 heavy (non-hydrogen) atoms. The SMILES string of the molecule is CC(Nc1cccc(N2CCCC2=O)c1)c1nc(C(C)(C)C)no1. The van der Waals surface area contributed by atoms with Crippen molar-refractivity contribution >= 4 is 17.3 Å². The molecule has 0 saturated carbocycles. The van der Waals surface area contributed by atoms with Crippen molar-refractivity contribution in [1.29, 1.82) is 0 Å². The van der Waals surface area contributed by atoms with Gasteiger partial charge in [-0.3, -0.25) is 4.79 Å². The predicted octanol–water partition coefficient (Wildman–Crippen LogP) is 3.67. The topological polar surface area (TPSA) is 71.3 Å². The minimum Gasteiger partial charge on any atom is -0.374 e. The fourth-order valence-corrected chi connectivity index (χ4v) is 2.71. The molecule has 1 aromatic heterocycles. The molecule has 1 aromatic carbocycles. The van der Waals surface area contributed by atoms with Crippen LogP contribution in [0.1, 0.15) is 58.3 Å². The van der Waals surface area contributed by atoms with E-state index >= 15 is 0 Å². The molecular formula is C18H24N4O2. The maximum atomic E-state index is 11.9. The van der Waals surface area contributed by atoms with Crippen LogP contribution in [0.5, 0.6) is 0 Å². The standard InChI is InChI=1S/C18H24N4O2/c1-12(16-20-17(21-24-16)18(2,3)4)19-13-7-5-8-14(11-13)22-10-6-9-15(22)23/h5,7-8,11-12,19H,6,9-10H2,1-4H3. The van der Waals surface area contributed by atoms with Gasteiger partial charge in [-0.15, -0.1) is 0 Å². The van der Waals surface area contributed by atoms with Crippen molar-refractivity contribution in [2.45, 2.75) is 52.0 Å². The monoisotopic (exact) mass is 328 g/mol. The second-order valence-corrected chi connectivity index (χ2v) is 7.27. The lowest BCUT2D eigenvalue weighted by Gasteiger charge is -2.18. The molecule has 0 aliphatic carbocycles. The lowest BCUT2D eigenvalue weighted by Crippen LogP contribution is -2.23. The zero-order valence-electron chi connectivity index (χ0n) is 14.7. The highest BCUT2D eigenvalue weighted by molar-refractivity contribution is 5.95. The Hall–Kier alpha value is -2.37. The van der Waals surface area contributed by atoms with E-state index in [1.54, 1.807) is 0 Å². The van der Waals surface area contributed by atoms with Crippen LogP contribution in [0.3, 0.4) is 0 Å². The zero-order valence-corrected chi connectivity index (χ0v) is 14.7. The van der Waals surface area contributed by atoms with Crippen LogP contribution in [0.15, 0.2) is 28.8 Å². The summed E-state index contributed by atoms with van der Waals surface area (Å²) < 4.78 is 5.38. The van der Waals surface area contributed by atoms with E-state index in [1.807, 2.05) is 36.1 Å². The van der Waals surface area contributed by atoms with Crippen LogP contribution in [0, 0.1) is 0 Å². The summed E-state index contributed by atoms with van der Waals surface area (Å²) in [6.07, 6.45) is 1.55. The second-order valence-electron chi connectivity index (χ2n) is 7.27. The van der Waals surface area contributed by atoms with Crippen LogP contribution >= 0.6 is 0 Å². The summed E-state index contributed by atoms with van der Waals surface area (Å²) in [5.74, 6) is 1.44. The Balaban J connectivity index is 1.74. The van der Waals surface area contributed by atoms with Gasteiger partial charge in [0.25, 0.3) is 0 Å². The first kappa shape index (κ1) is 16.5. The second kappa shape index (κ2) is 6.26. The first-order valence-electron chi connectivity index (χ1n) is 8.35. The van der Waals surface area contributed by atoms with Crippen LogP contribution in [0.25, 0.3) is 0 Å². The summed E-state index contributed by atoms with van der Waals surface area (Å²) in [6.45, 7) is 8.92. The number of carbonyl (C=O) groups is 1. The Labute approximate surface area is 142 Å². The number of nitrogens with one attached hydrogen (secondary N) is 1. The molecule has 0 radical (unpaired) electrons. The van der Waals surface area contributed by atoms with Gasteiger partial charge in [-0.2, -0.15) is 4.98 Å². The van der Waals surface area contributed by atoms with E-state index in [0.717, 1.165) is 24.3 Å². The fourth-order valence-electron chi connectivity index (χ4n) is 2.71. The number of aromatic nitrogens is 2. The number of hydrogen-bond acceptors (Lipinski definition) is 5. The average Bonchev–Trinajstić information content (AvgIpc) is 3.15. The molecule has 1 aliphatic heterocycles. The van der Waals surface area contributed by atoms with Crippen molar-refractivity contribution in [2.75, 3.05) is 16.8 Å². The Morgan fingerprint density at radius 3 is 2.75 bits per heavy atom. The summed E-state index contributed by atoms with van der Waals surface area (Å²) in [5, 5.41) is 7.43. The van der Waals surface area contributed by atoms with Crippen molar-refractivity contribution in [2.24, 2.45) is 0 Å². The van der Waals surface area contributed by atoms with E-state index in [1.165, 1.54) is 0 Å². The maximum Gasteiger partial charge on any atom is 0.248 e. The number of carbonyl (C=O) groups excluding carboxylic acids is 1. The molecule has 6 nitrogen and oxygen atoms in total. The molecular weight excluding hydrogens is 304 g/mol. The van der Waals surface area contributed by atoms with Gasteiger partial charge in [0, 0.05) is 29.8 Å². The lowest BCUT2D eigenvalue weighted by atomic mass is 9.96. The molecule has 6 heteroatoms. The van der Waals surface area contributed by atoms with E-state index in [0.29, 0.717) is 18.1 Å². The van der Waals surface area contributed by atoms with Gasteiger partial charge in [-0.1, -0.05) is 32.0 Å². The summed E-state index contributed by atoms with van der Waals surface area (Å²) in [6, 6.07) is 7.76. The molecule has 1 fully saturated rings. The molecule has 1 saturated heterocycles. The van der Waals surface area contributed by atoms with Crippen molar-refractivity contribution in [3.63, 3.8) is 0 Å². The van der Waals surface area contributed by atoms with Gasteiger partial charge in [0.2, 0.25) is 11.8 Å². The van der Waals surface area contributed by atoms with Gasteiger partial charge in [-0.25, -0.2) is 0 Å². The van der Waals surface area contributed by atoms with E-state index in [-0.39, 0.29) is 17.4 Å². The summed E-state index contributed by atoms with van der Waals surface area (Å²) in [5.41, 5.74) is 1.71. The first-order chi connectivity index (χ1) is 11.3. The van der Waals surface area contributed by atoms with Crippen molar-refractivity contribution in [1.82, 2.24) is 10.1 Å². The third-order valence-corrected chi connectivity index (χ3v) is 4.10. The maximum absolute atomic E-state index is 11.9. The molecule has 2 aromatic rings. The molecule has 1 aliphatic rings. The smallest absolute Gasteiger partial charge is 0.248 e. The normalized spacial score (nSPS) is 16.5. The molecule has 1 unspecified atom stereocenters. The highest BCUT2D eigenvalue weighted by atomic mass is 16.5. The minimum atomic E-state index is -0.141. The molecule has 1 atom stereocenters. The van der Waals surface area contributed by atoms with Crippen LogP contribution in [-0.4, -0.2) is 22.6 Å². The highest BCUT2D eigenvalue weighted by Gasteiger charge is 2.24. The minimum absolute atomic E-state index is 0.113. The van der Waals surface area contributed by atoms with Crippen LogP contribution in [0.4, 0.5) is 11.4 Å². The van der Waals surface area contributed by atoms with E-state index in [2.05, 4.69) is 36.2 Å². The first-order valence-corrected chi connectivity index (χ1v) is 8.35. The van der Waals surface area contributed by atoms with E-state index < -0.39 is 0 Å². The van der Waals surface area contributed by atoms with Crippen LogP contribution in [-0.2, 0) is 10.2 Å². The molecule has 1 N–H and O–H groups in total. The van der Waals surface area contributed by atoms with Gasteiger partial charge in [0.15, 0.2) is 5.82 Å².